The minimum absolute atomic E-state index is 0.0213. The molecule has 1 fully saturated rings. The number of rotatable bonds is 4. The van der Waals surface area contributed by atoms with Gasteiger partial charge < -0.3 is 15.4 Å². The van der Waals surface area contributed by atoms with Gasteiger partial charge in [-0.2, -0.15) is 0 Å². The van der Waals surface area contributed by atoms with E-state index in [1.807, 2.05) is 0 Å². The minimum atomic E-state index is -3.92. The first-order valence-corrected chi connectivity index (χ1v) is 10.6. The zero-order valence-corrected chi connectivity index (χ0v) is 16.2. The lowest BCUT2D eigenvalue weighted by molar-refractivity contribution is 0.0898. The van der Waals surface area contributed by atoms with Crippen molar-refractivity contribution in [2.24, 2.45) is 5.92 Å². The van der Waals surface area contributed by atoms with Crippen molar-refractivity contribution in [3.05, 3.63) is 47.8 Å². The van der Waals surface area contributed by atoms with Gasteiger partial charge in [0.2, 0.25) is 0 Å². The van der Waals surface area contributed by atoms with Crippen LogP contribution in [0.2, 0.25) is 0 Å². The summed E-state index contributed by atoms with van der Waals surface area (Å²) in [6, 6.07) is 7.10. The van der Waals surface area contributed by atoms with Gasteiger partial charge in [0, 0.05) is 24.9 Å². The van der Waals surface area contributed by atoms with Gasteiger partial charge >= 0.3 is 0 Å². The molecule has 2 atom stereocenters. The maximum atomic E-state index is 12.8. The Balaban J connectivity index is 1.51. The molecule has 3 heterocycles. The van der Waals surface area contributed by atoms with E-state index in [0.717, 1.165) is 23.4 Å². The van der Waals surface area contributed by atoms with Gasteiger partial charge in [-0.05, 0) is 49.1 Å². The second-order valence-corrected chi connectivity index (χ2v) is 8.98. The van der Waals surface area contributed by atoms with E-state index in [-0.39, 0.29) is 33.9 Å². The Labute approximate surface area is 162 Å². The van der Waals surface area contributed by atoms with Crippen LogP contribution in [0.1, 0.15) is 40.6 Å². The molecule has 8 nitrogen and oxygen atoms in total. The van der Waals surface area contributed by atoms with Gasteiger partial charge in [0.05, 0.1) is 11.8 Å². The second kappa shape index (κ2) is 7.06. The summed E-state index contributed by atoms with van der Waals surface area (Å²) in [6.45, 7) is 3.34. The number of carbonyl (C=O) groups is 2. The SMILES string of the molecule is CC1CO[C@H](CCNC(=O)c2ccc3c(c2)NC(=O)c2cccn2S3(=O)=O)C1. The summed E-state index contributed by atoms with van der Waals surface area (Å²) in [6.07, 6.45) is 3.19. The molecule has 1 aromatic carbocycles. The number of fused-ring (bicyclic) bond motifs is 2. The van der Waals surface area contributed by atoms with Crippen LogP contribution in [-0.2, 0) is 14.8 Å². The summed E-state index contributed by atoms with van der Waals surface area (Å²) < 4.78 is 32.2. The standard InChI is InChI=1S/C19H21N3O5S/c1-12-9-14(27-11-12)6-7-20-18(23)13-4-5-17-15(10-13)21-19(24)16-3-2-8-22(16)28(17,25)26/h2-5,8,10,12,14H,6-7,9,11H2,1H3,(H,20,23)(H,21,24)/t12?,14-/m1/s1. The van der Waals surface area contributed by atoms with E-state index in [1.165, 1.54) is 36.5 Å². The van der Waals surface area contributed by atoms with E-state index in [1.54, 1.807) is 0 Å². The van der Waals surface area contributed by atoms with E-state index in [4.69, 9.17) is 4.74 Å². The molecule has 2 aromatic rings. The van der Waals surface area contributed by atoms with Gasteiger partial charge in [0.15, 0.2) is 0 Å². The summed E-state index contributed by atoms with van der Waals surface area (Å²) in [5, 5.41) is 5.40. The quantitative estimate of drug-likeness (QED) is 0.810. The van der Waals surface area contributed by atoms with Crippen molar-refractivity contribution in [1.82, 2.24) is 9.29 Å². The Morgan fingerprint density at radius 2 is 2.18 bits per heavy atom. The molecule has 9 heteroatoms. The van der Waals surface area contributed by atoms with Gasteiger partial charge in [-0.25, -0.2) is 12.4 Å². The van der Waals surface area contributed by atoms with E-state index in [9.17, 15) is 18.0 Å². The highest BCUT2D eigenvalue weighted by Crippen LogP contribution is 2.29. The Bertz CT molecular complexity index is 1040. The van der Waals surface area contributed by atoms with Crippen LogP contribution in [0.25, 0.3) is 0 Å². The summed E-state index contributed by atoms with van der Waals surface area (Å²) in [5.74, 6) is -0.335. The number of nitrogens with zero attached hydrogens (tertiary/aromatic N) is 1. The molecule has 2 aliphatic rings. The molecule has 0 radical (unpaired) electrons. The van der Waals surface area contributed by atoms with E-state index in [0.29, 0.717) is 12.5 Å². The third-order valence-electron chi connectivity index (χ3n) is 5.01. The lowest BCUT2D eigenvalue weighted by Crippen LogP contribution is -2.27. The fraction of sp³-hybridized carbons (Fsp3) is 0.368. The monoisotopic (exact) mass is 403 g/mol. The van der Waals surface area contributed by atoms with Crippen molar-refractivity contribution in [3.63, 3.8) is 0 Å². The predicted molar refractivity (Wildman–Crippen MR) is 102 cm³/mol. The smallest absolute Gasteiger partial charge is 0.273 e. The maximum absolute atomic E-state index is 12.8. The first-order chi connectivity index (χ1) is 13.4. The number of anilines is 1. The predicted octanol–water partition coefficient (Wildman–Crippen LogP) is 1.84. The highest BCUT2D eigenvalue weighted by atomic mass is 32.2. The zero-order chi connectivity index (χ0) is 19.9. The molecule has 0 spiro atoms. The molecule has 0 saturated carbocycles. The normalized spacial score (nSPS) is 22.7. The van der Waals surface area contributed by atoms with Crippen LogP contribution in [0.3, 0.4) is 0 Å². The van der Waals surface area contributed by atoms with Crippen molar-refractivity contribution in [2.75, 3.05) is 18.5 Å². The number of amides is 2. The van der Waals surface area contributed by atoms with Gasteiger partial charge in [0.1, 0.15) is 10.6 Å². The first kappa shape index (κ1) is 18.7. The second-order valence-electron chi connectivity index (χ2n) is 7.20. The summed E-state index contributed by atoms with van der Waals surface area (Å²) in [4.78, 5) is 24.7. The summed E-state index contributed by atoms with van der Waals surface area (Å²) >= 11 is 0. The fourth-order valence-electron chi connectivity index (χ4n) is 3.57. The minimum Gasteiger partial charge on any atom is -0.378 e. The number of benzene rings is 1. The summed E-state index contributed by atoms with van der Waals surface area (Å²) in [7, 11) is -3.92. The van der Waals surface area contributed by atoms with Gasteiger partial charge in [-0.1, -0.05) is 6.92 Å². The van der Waals surface area contributed by atoms with Crippen molar-refractivity contribution in [3.8, 4) is 0 Å². The third kappa shape index (κ3) is 3.31. The van der Waals surface area contributed by atoms with Crippen LogP contribution < -0.4 is 10.6 Å². The molecule has 148 valence electrons. The van der Waals surface area contributed by atoms with Crippen molar-refractivity contribution < 1.29 is 22.7 Å². The van der Waals surface area contributed by atoms with E-state index >= 15 is 0 Å². The van der Waals surface area contributed by atoms with E-state index < -0.39 is 15.9 Å². The van der Waals surface area contributed by atoms with Crippen LogP contribution in [0, 0.1) is 5.92 Å². The van der Waals surface area contributed by atoms with Gasteiger partial charge in [-0.15, -0.1) is 0 Å². The van der Waals surface area contributed by atoms with Gasteiger partial charge in [-0.3, -0.25) is 9.59 Å². The largest absolute Gasteiger partial charge is 0.378 e. The molecule has 1 saturated heterocycles. The maximum Gasteiger partial charge on any atom is 0.273 e. The van der Waals surface area contributed by atoms with Gasteiger partial charge in [0.25, 0.3) is 21.8 Å². The van der Waals surface area contributed by atoms with Crippen LogP contribution in [-0.4, -0.2) is 43.5 Å². The number of hydrogen-bond donors (Lipinski definition) is 2. The average Bonchev–Trinajstić information content (AvgIpc) is 3.29. The topological polar surface area (TPSA) is 106 Å². The molecule has 2 amide bonds. The molecule has 28 heavy (non-hydrogen) atoms. The number of ether oxygens (including phenoxy) is 1. The molecule has 2 aliphatic heterocycles. The van der Waals surface area contributed by atoms with E-state index in [2.05, 4.69) is 17.6 Å². The highest BCUT2D eigenvalue weighted by molar-refractivity contribution is 7.90. The van der Waals surface area contributed by atoms with Crippen molar-refractivity contribution in [1.29, 1.82) is 0 Å². The lowest BCUT2D eigenvalue weighted by atomic mass is 10.1. The molecule has 1 aromatic heterocycles. The first-order valence-electron chi connectivity index (χ1n) is 9.14. The number of aromatic nitrogens is 1. The lowest BCUT2D eigenvalue weighted by Gasteiger charge is -2.12. The molecular formula is C19H21N3O5S. The number of carbonyl (C=O) groups excluding carboxylic acids is 2. The summed E-state index contributed by atoms with van der Waals surface area (Å²) in [5.41, 5.74) is 0.392. The molecule has 2 N–H and O–H groups in total. The zero-order valence-electron chi connectivity index (χ0n) is 15.3. The van der Waals surface area contributed by atoms with Crippen LogP contribution in [0.15, 0.2) is 41.4 Å². The highest BCUT2D eigenvalue weighted by Gasteiger charge is 2.30. The van der Waals surface area contributed by atoms with Crippen LogP contribution >= 0.6 is 0 Å². The van der Waals surface area contributed by atoms with Crippen molar-refractivity contribution >= 4 is 27.5 Å². The Kier molecular flexibility index (Phi) is 4.72. The number of nitrogens with one attached hydrogen (secondary N) is 2. The Hall–Kier alpha value is -2.65. The van der Waals surface area contributed by atoms with Crippen LogP contribution in [0.5, 0.6) is 0 Å². The third-order valence-corrected chi connectivity index (χ3v) is 6.75. The van der Waals surface area contributed by atoms with Crippen molar-refractivity contribution in [2.45, 2.75) is 30.8 Å². The molecule has 0 bridgehead atoms. The Morgan fingerprint density at radius 3 is 2.93 bits per heavy atom. The molecule has 1 unspecified atom stereocenters. The molecule has 0 aliphatic carbocycles. The molecule has 4 rings (SSSR count). The molecular weight excluding hydrogens is 382 g/mol. The average molecular weight is 403 g/mol. The van der Waals surface area contributed by atoms with Crippen LogP contribution in [0.4, 0.5) is 5.69 Å². The number of hydrogen-bond acceptors (Lipinski definition) is 5. The Morgan fingerprint density at radius 1 is 1.36 bits per heavy atom. The fourth-order valence-corrected chi connectivity index (χ4v) is 5.05.